The quantitative estimate of drug-likeness (QED) is 0.311. The van der Waals surface area contributed by atoms with Crippen molar-refractivity contribution >= 4 is 34.8 Å². The molecule has 3 aromatic carbocycles. The fraction of sp³-hybridized carbons (Fsp3) is 0.167. The normalized spacial score (nSPS) is 12.7. The summed E-state index contributed by atoms with van der Waals surface area (Å²) in [6, 6.07) is 18.5. The standard InChI is InChI=1S/C24H17Cl3F3N3O2/c25-17-9-7-15(8-10-17)22-31-33(23(35)32(22)13-20(34)24(28,29)30)12-14-3-1-4-16(11-14)18-5-2-6-19(26)21(18)27/h1-11,20,34H,12-13H2. The summed E-state index contributed by atoms with van der Waals surface area (Å²) in [6.07, 6.45) is -7.64. The number of benzene rings is 3. The molecule has 4 aromatic rings. The van der Waals surface area contributed by atoms with E-state index in [-0.39, 0.29) is 12.4 Å². The summed E-state index contributed by atoms with van der Waals surface area (Å²) in [6.45, 7) is -1.03. The van der Waals surface area contributed by atoms with Crippen LogP contribution in [0.3, 0.4) is 0 Å². The van der Waals surface area contributed by atoms with E-state index in [4.69, 9.17) is 34.8 Å². The van der Waals surface area contributed by atoms with Crippen LogP contribution in [-0.4, -0.2) is 31.7 Å². The fourth-order valence-electron chi connectivity index (χ4n) is 3.53. The van der Waals surface area contributed by atoms with E-state index in [1.54, 1.807) is 36.4 Å². The third kappa shape index (κ3) is 5.56. The Morgan fingerprint density at radius 1 is 0.943 bits per heavy atom. The maximum absolute atomic E-state index is 13.1. The summed E-state index contributed by atoms with van der Waals surface area (Å²) in [5, 5.41) is 15.1. The third-order valence-corrected chi connectivity index (χ3v) is 6.35. The number of alkyl halides is 3. The second-order valence-electron chi connectivity index (χ2n) is 7.74. The SMILES string of the molecule is O=c1n(Cc2cccc(-c3cccc(Cl)c3Cl)c2)nc(-c2ccc(Cl)cc2)n1CC(O)C(F)(F)F. The van der Waals surface area contributed by atoms with Gasteiger partial charge in [-0.15, -0.1) is 5.10 Å². The Morgan fingerprint density at radius 3 is 2.31 bits per heavy atom. The van der Waals surface area contributed by atoms with Crippen LogP contribution in [0.15, 0.2) is 71.5 Å². The van der Waals surface area contributed by atoms with E-state index in [0.29, 0.717) is 31.8 Å². The summed E-state index contributed by atoms with van der Waals surface area (Å²) in [7, 11) is 0. The minimum Gasteiger partial charge on any atom is -0.382 e. The molecular formula is C24H17Cl3F3N3O2. The highest BCUT2D eigenvalue weighted by Crippen LogP contribution is 2.33. The van der Waals surface area contributed by atoms with Crippen molar-refractivity contribution in [3.8, 4) is 22.5 Å². The molecule has 0 radical (unpaired) electrons. The van der Waals surface area contributed by atoms with Gasteiger partial charge in [0.25, 0.3) is 0 Å². The Kier molecular flexibility index (Phi) is 7.28. The number of nitrogens with zero attached hydrogens (tertiary/aromatic N) is 3. The van der Waals surface area contributed by atoms with Crippen molar-refractivity contribution in [2.75, 3.05) is 0 Å². The molecule has 0 aliphatic carbocycles. The zero-order valence-electron chi connectivity index (χ0n) is 17.8. The average Bonchev–Trinajstić information content (AvgIpc) is 3.11. The van der Waals surface area contributed by atoms with Gasteiger partial charge in [0.2, 0.25) is 0 Å². The van der Waals surface area contributed by atoms with Crippen LogP contribution >= 0.6 is 34.8 Å². The van der Waals surface area contributed by atoms with Crippen LogP contribution in [0.1, 0.15) is 5.56 Å². The van der Waals surface area contributed by atoms with Gasteiger partial charge in [0.05, 0.1) is 23.1 Å². The first kappa shape index (κ1) is 25.3. The predicted molar refractivity (Wildman–Crippen MR) is 130 cm³/mol. The number of aliphatic hydroxyl groups excluding tert-OH is 1. The molecule has 1 N–H and O–H groups in total. The van der Waals surface area contributed by atoms with Gasteiger partial charge in [-0.1, -0.05) is 65.1 Å². The zero-order chi connectivity index (χ0) is 25.3. The molecule has 0 aliphatic rings. The van der Waals surface area contributed by atoms with Crippen molar-refractivity contribution in [2.45, 2.75) is 25.4 Å². The maximum atomic E-state index is 13.1. The van der Waals surface area contributed by atoms with Crippen LogP contribution in [0.4, 0.5) is 13.2 Å². The molecule has 1 atom stereocenters. The molecule has 182 valence electrons. The van der Waals surface area contributed by atoms with Crippen LogP contribution in [0.25, 0.3) is 22.5 Å². The van der Waals surface area contributed by atoms with Crippen molar-refractivity contribution in [1.29, 1.82) is 0 Å². The molecule has 0 amide bonds. The topological polar surface area (TPSA) is 60.0 Å². The van der Waals surface area contributed by atoms with Crippen LogP contribution in [0.5, 0.6) is 0 Å². The molecule has 35 heavy (non-hydrogen) atoms. The molecule has 1 aromatic heterocycles. The lowest BCUT2D eigenvalue weighted by atomic mass is 10.0. The van der Waals surface area contributed by atoms with E-state index < -0.39 is 24.5 Å². The van der Waals surface area contributed by atoms with Crippen LogP contribution in [0.2, 0.25) is 15.1 Å². The highest BCUT2D eigenvalue weighted by Gasteiger charge is 2.39. The van der Waals surface area contributed by atoms with Crippen LogP contribution < -0.4 is 5.69 Å². The molecule has 4 rings (SSSR count). The number of aromatic nitrogens is 3. The molecule has 11 heteroatoms. The fourth-order valence-corrected chi connectivity index (χ4v) is 4.07. The monoisotopic (exact) mass is 541 g/mol. The van der Waals surface area contributed by atoms with Crippen molar-refractivity contribution in [1.82, 2.24) is 14.3 Å². The van der Waals surface area contributed by atoms with Crippen molar-refractivity contribution in [3.63, 3.8) is 0 Å². The van der Waals surface area contributed by atoms with E-state index >= 15 is 0 Å². The maximum Gasteiger partial charge on any atom is 0.416 e. The number of halogens is 6. The number of hydrogen-bond donors (Lipinski definition) is 1. The van der Waals surface area contributed by atoms with Gasteiger partial charge in [0.15, 0.2) is 11.9 Å². The van der Waals surface area contributed by atoms with E-state index in [1.165, 1.54) is 24.3 Å². The largest absolute Gasteiger partial charge is 0.416 e. The van der Waals surface area contributed by atoms with E-state index in [1.807, 2.05) is 6.07 Å². The average molecular weight is 543 g/mol. The lowest BCUT2D eigenvalue weighted by Crippen LogP contribution is -2.37. The molecule has 0 spiro atoms. The van der Waals surface area contributed by atoms with Gasteiger partial charge >= 0.3 is 11.9 Å². The number of hydrogen-bond acceptors (Lipinski definition) is 3. The van der Waals surface area contributed by atoms with Gasteiger partial charge in [0.1, 0.15) is 0 Å². The molecule has 0 fully saturated rings. The first-order valence-corrected chi connectivity index (χ1v) is 11.4. The van der Waals surface area contributed by atoms with Gasteiger partial charge in [-0.05, 0) is 47.5 Å². The molecule has 5 nitrogen and oxygen atoms in total. The summed E-state index contributed by atoms with van der Waals surface area (Å²) in [5.41, 5.74) is 1.66. The van der Waals surface area contributed by atoms with Gasteiger partial charge in [-0.3, -0.25) is 4.57 Å². The first-order valence-electron chi connectivity index (χ1n) is 10.3. The second kappa shape index (κ2) is 10.1. The summed E-state index contributed by atoms with van der Waals surface area (Å²) in [4.78, 5) is 13.1. The molecule has 1 unspecified atom stereocenters. The van der Waals surface area contributed by atoms with Gasteiger partial charge in [-0.25, -0.2) is 9.48 Å². The van der Waals surface area contributed by atoms with Crippen molar-refractivity contribution < 1.29 is 18.3 Å². The van der Waals surface area contributed by atoms with E-state index in [0.717, 1.165) is 14.8 Å². The Bertz CT molecular complexity index is 1420. The van der Waals surface area contributed by atoms with E-state index in [9.17, 15) is 23.1 Å². The van der Waals surface area contributed by atoms with Gasteiger partial charge in [0, 0.05) is 16.1 Å². The predicted octanol–water partition coefficient (Wildman–Crippen LogP) is 6.31. The summed E-state index contributed by atoms with van der Waals surface area (Å²) in [5.74, 6) is -0.0241. The number of aliphatic hydroxyl groups is 1. The Balaban J connectivity index is 1.74. The zero-order valence-corrected chi connectivity index (χ0v) is 20.1. The highest BCUT2D eigenvalue weighted by molar-refractivity contribution is 6.43. The summed E-state index contributed by atoms with van der Waals surface area (Å²) < 4.78 is 41.0. The highest BCUT2D eigenvalue weighted by atomic mass is 35.5. The minimum atomic E-state index is -4.90. The summed E-state index contributed by atoms with van der Waals surface area (Å²) >= 11 is 18.4. The second-order valence-corrected chi connectivity index (χ2v) is 8.96. The van der Waals surface area contributed by atoms with Crippen LogP contribution in [-0.2, 0) is 13.1 Å². The number of rotatable bonds is 6. The minimum absolute atomic E-state index is 0.0241. The van der Waals surface area contributed by atoms with Crippen molar-refractivity contribution in [3.05, 3.63) is 97.8 Å². The molecule has 0 saturated carbocycles. The van der Waals surface area contributed by atoms with Crippen LogP contribution in [0, 0.1) is 0 Å². The van der Waals surface area contributed by atoms with Gasteiger partial charge in [-0.2, -0.15) is 13.2 Å². The Morgan fingerprint density at radius 2 is 1.63 bits per heavy atom. The molecule has 1 heterocycles. The lowest BCUT2D eigenvalue weighted by Gasteiger charge is -2.15. The first-order chi connectivity index (χ1) is 16.5. The lowest BCUT2D eigenvalue weighted by molar-refractivity contribution is -0.207. The Hall–Kier alpha value is -2.78. The molecular weight excluding hydrogens is 526 g/mol. The van der Waals surface area contributed by atoms with Crippen molar-refractivity contribution in [2.24, 2.45) is 0 Å². The smallest absolute Gasteiger partial charge is 0.382 e. The van der Waals surface area contributed by atoms with E-state index in [2.05, 4.69) is 5.10 Å². The molecule has 0 saturated heterocycles. The Labute approximate surface area is 212 Å². The molecule has 0 bridgehead atoms. The van der Waals surface area contributed by atoms with Gasteiger partial charge < -0.3 is 5.11 Å². The third-order valence-electron chi connectivity index (χ3n) is 5.28. The molecule has 0 aliphatic heterocycles.